The second-order valence-electron chi connectivity index (χ2n) is 13.1. The molecule has 1 saturated heterocycles. The summed E-state index contributed by atoms with van der Waals surface area (Å²) in [5.74, 6) is -0.631. The third-order valence-electron chi connectivity index (χ3n) is 9.91. The van der Waals surface area contributed by atoms with Crippen LogP contribution in [0.4, 0.5) is 8.78 Å². The van der Waals surface area contributed by atoms with Crippen LogP contribution in [0, 0.1) is 5.82 Å². The van der Waals surface area contributed by atoms with Gasteiger partial charge in [0.15, 0.2) is 0 Å². The van der Waals surface area contributed by atoms with Crippen LogP contribution in [0.25, 0.3) is 32.8 Å². The molecule has 5 aromatic rings. The molecule has 0 bridgehead atoms. The first-order valence-electron chi connectivity index (χ1n) is 17.2. The number of hydrogen-bond donors (Lipinski definition) is 1. The number of aromatic carboxylic acids is 1. The Labute approximate surface area is 289 Å². The smallest absolute Gasteiger partial charge is 0.352 e. The predicted molar refractivity (Wildman–Crippen MR) is 187 cm³/mol. The Bertz CT molecular complexity index is 2020. The van der Waals surface area contributed by atoms with Crippen LogP contribution >= 0.6 is 11.6 Å². The summed E-state index contributed by atoms with van der Waals surface area (Å²) in [5.41, 5.74) is 5.23. The fraction of sp³-hybridized carbons (Fsp3) is 0.421. The number of ether oxygens (including phenoxy) is 2. The lowest BCUT2D eigenvalue weighted by atomic mass is 9.94. The van der Waals surface area contributed by atoms with Gasteiger partial charge < -0.3 is 19.1 Å². The van der Waals surface area contributed by atoms with Crippen molar-refractivity contribution < 1.29 is 28.2 Å². The minimum absolute atomic E-state index is 0.262. The number of likely N-dealkylation sites (tertiary alicyclic amines) is 1. The summed E-state index contributed by atoms with van der Waals surface area (Å²) >= 11 is 7.12. The van der Waals surface area contributed by atoms with E-state index in [1.54, 1.807) is 6.07 Å². The van der Waals surface area contributed by atoms with E-state index in [2.05, 4.69) is 11.8 Å². The van der Waals surface area contributed by atoms with Crippen LogP contribution in [-0.4, -0.2) is 69.3 Å². The van der Waals surface area contributed by atoms with Gasteiger partial charge in [0.25, 0.3) is 0 Å². The first-order chi connectivity index (χ1) is 23.7. The lowest BCUT2D eigenvalue weighted by Crippen LogP contribution is -2.48. The molecule has 2 aromatic heterocycles. The van der Waals surface area contributed by atoms with E-state index in [-0.39, 0.29) is 17.6 Å². The van der Waals surface area contributed by atoms with E-state index in [1.165, 1.54) is 12.1 Å². The highest BCUT2D eigenvalue weighted by Crippen LogP contribution is 2.45. The highest BCUT2D eigenvalue weighted by atomic mass is 35.5. The van der Waals surface area contributed by atoms with Crippen LogP contribution in [0.15, 0.2) is 48.5 Å². The van der Waals surface area contributed by atoms with Crippen LogP contribution in [0.3, 0.4) is 0 Å². The SMILES string of the molecule is CCc1c2c(nn1C)C(CCN1CC(F)C1)OCCCCn1c(C(=O)O)c(CCCOc3cccc4cc(F)ccc34)c3ccc(Cl)c-2c31. The fourth-order valence-electron chi connectivity index (χ4n) is 7.60. The molecule has 0 aliphatic carbocycles. The Hall–Kier alpha value is -3.99. The summed E-state index contributed by atoms with van der Waals surface area (Å²) in [6, 6.07) is 14.0. The van der Waals surface area contributed by atoms with Crippen molar-refractivity contribution in [1.82, 2.24) is 19.2 Å². The molecule has 1 fully saturated rings. The minimum Gasteiger partial charge on any atom is -0.493 e. The highest BCUT2D eigenvalue weighted by Gasteiger charge is 2.33. The zero-order valence-corrected chi connectivity index (χ0v) is 28.6. The van der Waals surface area contributed by atoms with Gasteiger partial charge in [0.1, 0.15) is 29.5 Å². The second-order valence-corrected chi connectivity index (χ2v) is 13.5. The van der Waals surface area contributed by atoms with Gasteiger partial charge in [-0.05, 0) is 79.8 Å². The average molecular weight is 691 g/mol. The Morgan fingerprint density at radius 1 is 1.12 bits per heavy atom. The molecule has 49 heavy (non-hydrogen) atoms. The van der Waals surface area contributed by atoms with Gasteiger partial charge >= 0.3 is 5.97 Å². The molecular weight excluding hydrogens is 650 g/mol. The molecular formula is C38H41ClF2N4O4. The summed E-state index contributed by atoms with van der Waals surface area (Å²) in [6.07, 6.45) is 2.74. The molecule has 0 saturated carbocycles. The number of halogens is 3. The van der Waals surface area contributed by atoms with Crippen molar-refractivity contribution in [2.75, 3.05) is 32.8 Å². The average Bonchev–Trinajstić information content (AvgIpc) is 3.55. The molecule has 0 amide bonds. The zero-order valence-electron chi connectivity index (χ0n) is 27.9. The van der Waals surface area contributed by atoms with Gasteiger partial charge in [-0.3, -0.25) is 9.58 Å². The van der Waals surface area contributed by atoms with Crippen LogP contribution in [0.1, 0.15) is 66.2 Å². The van der Waals surface area contributed by atoms with Crippen molar-refractivity contribution in [3.63, 3.8) is 0 Å². The molecule has 0 spiro atoms. The van der Waals surface area contributed by atoms with Crippen molar-refractivity contribution in [1.29, 1.82) is 0 Å². The molecule has 11 heteroatoms. The van der Waals surface area contributed by atoms with Crippen molar-refractivity contribution in [3.05, 3.63) is 82.0 Å². The van der Waals surface area contributed by atoms with Gasteiger partial charge in [-0.25, -0.2) is 13.6 Å². The van der Waals surface area contributed by atoms with Crippen molar-refractivity contribution in [2.24, 2.45) is 7.05 Å². The Morgan fingerprint density at radius 3 is 2.71 bits per heavy atom. The van der Waals surface area contributed by atoms with E-state index in [0.717, 1.165) is 56.2 Å². The number of aryl methyl sites for hydroxylation is 3. The number of carbonyl (C=O) groups is 1. The van der Waals surface area contributed by atoms with E-state index in [9.17, 15) is 18.7 Å². The number of aromatic nitrogens is 3. The minimum atomic E-state index is -0.989. The first-order valence-corrected chi connectivity index (χ1v) is 17.5. The fourth-order valence-corrected chi connectivity index (χ4v) is 7.85. The summed E-state index contributed by atoms with van der Waals surface area (Å²) in [6.45, 7) is 4.99. The first kappa shape index (κ1) is 33.5. The number of benzene rings is 3. The summed E-state index contributed by atoms with van der Waals surface area (Å²) in [4.78, 5) is 15.2. The maximum absolute atomic E-state index is 13.8. The van der Waals surface area contributed by atoms with Gasteiger partial charge in [-0.2, -0.15) is 5.10 Å². The Kier molecular flexibility index (Phi) is 9.64. The molecule has 258 valence electrons. The van der Waals surface area contributed by atoms with Gasteiger partial charge in [-0.1, -0.05) is 36.7 Å². The third-order valence-corrected chi connectivity index (χ3v) is 10.2. The van der Waals surface area contributed by atoms with Gasteiger partial charge in [0.2, 0.25) is 0 Å². The number of carboxylic acids is 1. The summed E-state index contributed by atoms with van der Waals surface area (Å²) in [5, 5.41) is 18.7. The van der Waals surface area contributed by atoms with Gasteiger partial charge in [0, 0.05) is 67.4 Å². The van der Waals surface area contributed by atoms with E-state index in [4.69, 9.17) is 26.2 Å². The summed E-state index contributed by atoms with van der Waals surface area (Å²) in [7, 11) is 1.92. The lowest BCUT2D eigenvalue weighted by molar-refractivity contribution is 0.0123. The van der Waals surface area contributed by atoms with E-state index in [1.807, 2.05) is 46.6 Å². The Morgan fingerprint density at radius 2 is 1.94 bits per heavy atom. The van der Waals surface area contributed by atoms with Crippen LogP contribution < -0.4 is 4.74 Å². The topological polar surface area (TPSA) is 81.8 Å². The third kappa shape index (κ3) is 6.42. The highest BCUT2D eigenvalue weighted by molar-refractivity contribution is 6.35. The molecule has 8 nitrogen and oxygen atoms in total. The van der Waals surface area contributed by atoms with Gasteiger partial charge in [0.05, 0.1) is 22.8 Å². The molecule has 1 atom stereocenters. The Balaban J connectivity index is 1.28. The van der Waals surface area contributed by atoms with Crippen molar-refractivity contribution in [3.8, 4) is 16.9 Å². The van der Waals surface area contributed by atoms with Crippen LogP contribution in [0.5, 0.6) is 5.75 Å². The van der Waals surface area contributed by atoms with Gasteiger partial charge in [-0.15, -0.1) is 0 Å². The molecule has 1 unspecified atom stereocenters. The molecule has 4 heterocycles. The van der Waals surface area contributed by atoms with Crippen LogP contribution in [-0.2, 0) is 31.2 Å². The number of rotatable bonds is 10. The summed E-state index contributed by atoms with van der Waals surface area (Å²) < 4.78 is 43.9. The largest absolute Gasteiger partial charge is 0.493 e. The standard InChI is InChI=1S/C38H41ClF2N4O4/c1-3-30-34-33-29(39)14-13-28-27(9-7-19-48-31-10-6-8-23-20-24(40)11-12-26(23)31)37(38(46)47)45(36(28)33)16-4-5-18-49-32(35(34)42-43(30)2)15-17-44-21-25(41)22-44/h6,8,10-14,20,25,32H,3-5,7,9,15-19,21-22H2,1-2H3,(H,46,47). The van der Waals surface area contributed by atoms with Crippen molar-refractivity contribution >= 4 is 39.2 Å². The number of alkyl halides is 1. The van der Waals surface area contributed by atoms with Crippen molar-refractivity contribution in [2.45, 2.75) is 64.3 Å². The monoisotopic (exact) mass is 690 g/mol. The predicted octanol–water partition coefficient (Wildman–Crippen LogP) is 8.16. The number of carboxylic acid groups (broad SMARTS) is 1. The molecule has 2 aliphatic rings. The lowest BCUT2D eigenvalue weighted by Gasteiger charge is -2.35. The molecule has 1 N–H and O–H groups in total. The number of fused-ring (bicyclic) bond motifs is 3. The van der Waals surface area contributed by atoms with E-state index in [0.29, 0.717) is 82.3 Å². The quantitative estimate of drug-likeness (QED) is 0.149. The molecule has 3 aromatic carbocycles. The normalized spacial score (nSPS) is 17.2. The maximum atomic E-state index is 13.8. The maximum Gasteiger partial charge on any atom is 0.352 e. The number of hydrogen-bond acceptors (Lipinski definition) is 5. The zero-order chi connectivity index (χ0) is 34.2. The van der Waals surface area contributed by atoms with E-state index >= 15 is 0 Å². The second kappa shape index (κ2) is 14.1. The van der Waals surface area contributed by atoms with E-state index < -0.39 is 12.1 Å². The van der Waals surface area contributed by atoms with Crippen LogP contribution in [0.2, 0.25) is 5.02 Å². The molecule has 7 rings (SSSR count). The molecule has 0 radical (unpaired) electrons. The number of nitrogens with zero attached hydrogens (tertiary/aromatic N) is 4. The molecule has 2 aliphatic heterocycles.